The molecule has 1 aromatic carbocycles. The number of hydrogen-bond acceptors (Lipinski definition) is 3. The lowest BCUT2D eigenvalue weighted by atomic mass is 9.78. The van der Waals surface area contributed by atoms with Gasteiger partial charge in [0.25, 0.3) is 0 Å². The Balaban J connectivity index is 1.75. The summed E-state index contributed by atoms with van der Waals surface area (Å²) in [6.45, 7) is 7.42. The van der Waals surface area contributed by atoms with Crippen molar-refractivity contribution >= 4 is 0 Å². The van der Waals surface area contributed by atoms with E-state index >= 15 is 0 Å². The maximum atomic E-state index is 6.35. The van der Waals surface area contributed by atoms with Gasteiger partial charge in [0.15, 0.2) is 0 Å². The van der Waals surface area contributed by atoms with E-state index in [1.54, 1.807) is 0 Å². The number of rotatable bonds is 4. The van der Waals surface area contributed by atoms with E-state index in [1.807, 2.05) is 6.92 Å². The highest BCUT2D eigenvalue weighted by Gasteiger charge is 2.40. The highest BCUT2D eigenvalue weighted by atomic mass is 16.5. The van der Waals surface area contributed by atoms with E-state index in [9.17, 15) is 0 Å². The van der Waals surface area contributed by atoms with Gasteiger partial charge in [-0.1, -0.05) is 24.6 Å². The van der Waals surface area contributed by atoms with Crippen molar-refractivity contribution < 1.29 is 4.74 Å². The fourth-order valence-electron chi connectivity index (χ4n) is 4.18. The zero-order valence-corrected chi connectivity index (χ0v) is 13.3. The second-order valence-electron chi connectivity index (χ2n) is 6.62. The molecule has 2 N–H and O–H groups in total. The van der Waals surface area contributed by atoms with Gasteiger partial charge in [-0.3, -0.25) is 4.90 Å². The summed E-state index contributed by atoms with van der Waals surface area (Å²) >= 11 is 0. The Morgan fingerprint density at radius 2 is 2.10 bits per heavy atom. The molecule has 3 nitrogen and oxygen atoms in total. The van der Waals surface area contributed by atoms with Crippen molar-refractivity contribution in [3.8, 4) is 5.75 Å². The normalized spacial score (nSPS) is 30.9. The van der Waals surface area contributed by atoms with E-state index in [0.29, 0.717) is 18.0 Å². The van der Waals surface area contributed by atoms with Crippen LogP contribution in [0.1, 0.15) is 44.7 Å². The number of hydrogen-bond donors (Lipinski definition) is 1. The van der Waals surface area contributed by atoms with Crippen LogP contribution < -0.4 is 10.5 Å². The summed E-state index contributed by atoms with van der Waals surface area (Å²) in [5.74, 6) is 2.53. The van der Waals surface area contributed by atoms with Crippen molar-refractivity contribution in [2.75, 3.05) is 19.7 Å². The monoisotopic (exact) mass is 288 g/mol. The summed E-state index contributed by atoms with van der Waals surface area (Å²) < 4.78 is 5.81. The Hall–Kier alpha value is -1.06. The lowest BCUT2D eigenvalue weighted by Gasteiger charge is -2.30. The van der Waals surface area contributed by atoms with Crippen LogP contribution in [0.5, 0.6) is 5.75 Å². The van der Waals surface area contributed by atoms with Crippen molar-refractivity contribution in [2.24, 2.45) is 17.6 Å². The van der Waals surface area contributed by atoms with Gasteiger partial charge in [0.1, 0.15) is 5.75 Å². The molecule has 0 amide bonds. The van der Waals surface area contributed by atoms with Crippen LogP contribution in [-0.4, -0.2) is 30.6 Å². The fourth-order valence-corrected chi connectivity index (χ4v) is 4.18. The highest BCUT2D eigenvalue weighted by Crippen LogP contribution is 2.40. The number of para-hydroxylation sites is 1. The lowest BCUT2D eigenvalue weighted by molar-refractivity contribution is 0.237. The van der Waals surface area contributed by atoms with E-state index in [4.69, 9.17) is 10.5 Å². The molecule has 0 spiro atoms. The quantitative estimate of drug-likeness (QED) is 0.924. The molecular formula is C18H28N2O. The predicted molar refractivity (Wildman–Crippen MR) is 86.4 cm³/mol. The summed E-state index contributed by atoms with van der Waals surface area (Å²) in [5.41, 5.74) is 7.66. The van der Waals surface area contributed by atoms with E-state index in [2.05, 4.69) is 36.1 Å². The standard InChI is InChI=1S/C18H28N2O/c1-3-21-18-10-5-4-8-15(18)13(2)20-11-14-7-6-9-17(19)16(14)12-20/h4-5,8,10,13-14,16-17H,3,6-7,9,11-12,19H2,1-2H3. The minimum absolute atomic E-state index is 0.406. The molecule has 1 saturated carbocycles. The van der Waals surface area contributed by atoms with Crippen LogP contribution in [0, 0.1) is 11.8 Å². The zero-order valence-electron chi connectivity index (χ0n) is 13.3. The first-order valence-electron chi connectivity index (χ1n) is 8.42. The van der Waals surface area contributed by atoms with Crippen LogP contribution in [0.2, 0.25) is 0 Å². The van der Waals surface area contributed by atoms with Crippen LogP contribution in [0.25, 0.3) is 0 Å². The molecule has 0 bridgehead atoms. The molecule has 1 saturated heterocycles. The molecule has 1 heterocycles. The first-order valence-corrected chi connectivity index (χ1v) is 8.42. The maximum Gasteiger partial charge on any atom is 0.124 e. The number of nitrogens with zero attached hydrogens (tertiary/aromatic N) is 1. The molecule has 2 aliphatic rings. The molecule has 3 heteroatoms. The van der Waals surface area contributed by atoms with Crippen LogP contribution in [0.3, 0.4) is 0 Å². The first-order chi connectivity index (χ1) is 10.2. The predicted octanol–water partition coefficient (Wildman–Crippen LogP) is 3.21. The van der Waals surface area contributed by atoms with Gasteiger partial charge in [0.2, 0.25) is 0 Å². The zero-order chi connectivity index (χ0) is 14.8. The molecule has 0 radical (unpaired) electrons. The largest absolute Gasteiger partial charge is 0.494 e. The van der Waals surface area contributed by atoms with E-state index in [1.165, 1.54) is 31.4 Å². The Labute approximate surface area is 128 Å². The number of fused-ring (bicyclic) bond motifs is 1. The van der Waals surface area contributed by atoms with Gasteiger partial charge in [-0.25, -0.2) is 0 Å². The van der Waals surface area contributed by atoms with Crippen molar-refractivity contribution in [1.82, 2.24) is 4.90 Å². The number of benzene rings is 1. The molecule has 1 aliphatic carbocycles. The summed E-state index contributed by atoms with van der Waals surface area (Å²) in [6, 6.07) is 9.28. The Morgan fingerprint density at radius 1 is 1.29 bits per heavy atom. The van der Waals surface area contributed by atoms with Crippen molar-refractivity contribution in [3.05, 3.63) is 29.8 Å². The van der Waals surface area contributed by atoms with Gasteiger partial charge in [-0.2, -0.15) is 0 Å². The second kappa shape index (κ2) is 6.37. The third-order valence-electron chi connectivity index (χ3n) is 5.40. The minimum Gasteiger partial charge on any atom is -0.494 e. The topological polar surface area (TPSA) is 38.5 Å². The Bertz CT molecular complexity index is 476. The smallest absolute Gasteiger partial charge is 0.124 e. The van der Waals surface area contributed by atoms with E-state index in [-0.39, 0.29) is 0 Å². The minimum atomic E-state index is 0.406. The SMILES string of the molecule is CCOc1ccccc1C(C)N1CC2CCCC(N)C2C1. The molecule has 3 rings (SSSR count). The number of ether oxygens (including phenoxy) is 1. The molecule has 0 aromatic heterocycles. The fraction of sp³-hybridized carbons (Fsp3) is 0.667. The first kappa shape index (κ1) is 14.9. The van der Waals surface area contributed by atoms with Crippen molar-refractivity contribution in [1.29, 1.82) is 0 Å². The van der Waals surface area contributed by atoms with Gasteiger partial charge in [-0.05, 0) is 44.6 Å². The van der Waals surface area contributed by atoms with E-state index in [0.717, 1.165) is 24.8 Å². The second-order valence-corrected chi connectivity index (χ2v) is 6.62. The van der Waals surface area contributed by atoms with Crippen LogP contribution in [0.4, 0.5) is 0 Å². The molecule has 4 atom stereocenters. The molecule has 1 aliphatic heterocycles. The molecule has 116 valence electrons. The van der Waals surface area contributed by atoms with Crippen molar-refractivity contribution in [2.45, 2.75) is 45.2 Å². The van der Waals surface area contributed by atoms with Crippen LogP contribution >= 0.6 is 0 Å². The van der Waals surface area contributed by atoms with Gasteiger partial charge in [0, 0.05) is 30.7 Å². The molecule has 21 heavy (non-hydrogen) atoms. The van der Waals surface area contributed by atoms with Gasteiger partial charge < -0.3 is 10.5 Å². The highest BCUT2D eigenvalue weighted by molar-refractivity contribution is 5.35. The van der Waals surface area contributed by atoms with Gasteiger partial charge in [-0.15, -0.1) is 0 Å². The Morgan fingerprint density at radius 3 is 2.86 bits per heavy atom. The maximum absolute atomic E-state index is 6.35. The number of nitrogens with two attached hydrogens (primary N) is 1. The lowest BCUT2D eigenvalue weighted by Crippen LogP contribution is -2.38. The molecule has 1 aromatic rings. The summed E-state index contributed by atoms with van der Waals surface area (Å²) in [5, 5.41) is 0. The van der Waals surface area contributed by atoms with E-state index < -0.39 is 0 Å². The third-order valence-corrected chi connectivity index (χ3v) is 5.40. The van der Waals surface area contributed by atoms with Crippen LogP contribution in [-0.2, 0) is 0 Å². The summed E-state index contributed by atoms with van der Waals surface area (Å²) in [6.07, 6.45) is 3.87. The Kier molecular flexibility index (Phi) is 4.51. The third kappa shape index (κ3) is 2.95. The van der Waals surface area contributed by atoms with Crippen LogP contribution in [0.15, 0.2) is 24.3 Å². The molecule has 4 unspecified atom stereocenters. The van der Waals surface area contributed by atoms with Gasteiger partial charge >= 0.3 is 0 Å². The van der Waals surface area contributed by atoms with Crippen molar-refractivity contribution in [3.63, 3.8) is 0 Å². The van der Waals surface area contributed by atoms with Gasteiger partial charge in [0.05, 0.1) is 6.61 Å². The summed E-state index contributed by atoms with van der Waals surface area (Å²) in [7, 11) is 0. The average Bonchev–Trinajstić information content (AvgIpc) is 2.93. The average molecular weight is 288 g/mol. The number of likely N-dealkylation sites (tertiary alicyclic amines) is 1. The summed E-state index contributed by atoms with van der Waals surface area (Å²) in [4.78, 5) is 2.61. The molecular weight excluding hydrogens is 260 g/mol. The molecule has 2 fully saturated rings.